The molecule has 0 saturated heterocycles. The lowest BCUT2D eigenvalue weighted by Gasteiger charge is -2.08. The van der Waals surface area contributed by atoms with E-state index in [-0.39, 0.29) is 12.4 Å². The fraction of sp³-hybridized carbons (Fsp3) is 0.267. The van der Waals surface area contributed by atoms with Crippen molar-refractivity contribution < 1.29 is 9.53 Å². The molecule has 0 fully saturated rings. The second-order valence-electron chi connectivity index (χ2n) is 4.38. The fourth-order valence-corrected chi connectivity index (χ4v) is 2.33. The molecule has 1 aromatic carbocycles. The maximum Gasteiger partial charge on any atom is 0.311 e. The van der Waals surface area contributed by atoms with Crippen molar-refractivity contribution in [2.45, 2.75) is 13.3 Å². The third kappa shape index (κ3) is 3.17. The topological polar surface area (TPSA) is 31.2 Å². The second kappa shape index (κ2) is 6.33. The molecule has 0 bridgehead atoms. The molecule has 0 saturated carbocycles. The minimum Gasteiger partial charge on any atom is -0.466 e. The van der Waals surface area contributed by atoms with Gasteiger partial charge in [0.15, 0.2) is 0 Å². The highest BCUT2D eigenvalue weighted by atomic mass is 35.5. The first-order valence-corrected chi connectivity index (χ1v) is 7.04. The van der Waals surface area contributed by atoms with Crippen LogP contribution in [0, 0.1) is 0 Å². The van der Waals surface area contributed by atoms with Crippen molar-refractivity contribution in [1.82, 2.24) is 4.57 Å². The first kappa shape index (κ1) is 14.9. The number of nitrogens with zero attached hydrogens (tertiary/aromatic N) is 1. The van der Waals surface area contributed by atoms with Gasteiger partial charge in [0.05, 0.1) is 23.1 Å². The van der Waals surface area contributed by atoms with E-state index in [1.54, 1.807) is 13.0 Å². The van der Waals surface area contributed by atoms with E-state index in [1.807, 2.05) is 35.9 Å². The Labute approximate surface area is 128 Å². The lowest BCUT2D eigenvalue weighted by Crippen LogP contribution is -2.10. The fourth-order valence-electron chi connectivity index (χ4n) is 2.04. The van der Waals surface area contributed by atoms with Crippen LogP contribution >= 0.6 is 23.2 Å². The number of benzene rings is 1. The Morgan fingerprint density at radius 3 is 2.60 bits per heavy atom. The molecule has 2 aromatic rings. The summed E-state index contributed by atoms with van der Waals surface area (Å²) in [6, 6.07) is 9.34. The molecule has 1 aromatic heterocycles. The van der Waals surface area contributed by atoms with Gasteiger partial charge in [-0.2, -0.15) is 0 Å². The van der Waals surface area contributed by atoms with Crippen LogP contribution in [0.3, 0.4) is 0 Å². The zero-order valence-corrected chi connectivity index (χ0v) is 12.8. The first-order valence-electron chi connectivity index (χ1n) is 6.28. The zero-order chi connectivity index (χ0) is 14.7. The van der Waals surface area contributed by atoms with Crippen LogP contribution in [0.5, 0.6) is 0 Å². The van der Waals surface area contributed by atoms with E-state index in [4.69, 9.17) is 27.9 Å². The van der Waals surface area contributed by atoms with Gasteiger partial charge in [0.25, 0.3) is 0 Å². The quantitative estimate of drug-likeness (QED) is 0.796. The highest BCUT2D eigenvalue weighted by molar-refractivity contribution is 6.42. The van der Waals surface area contributed by atoms with Gasteiger partial charge in [-0.15, -0.1) is 0 Å². The molecule has 106 valence electrons. The monoisotopic (exact) mass is 311 g/mol. The van der Waals surface area contributed by atoms with E-state index in [1.165, 1.54) is 0 Å². The van der Waals surface area contributed by atoms with Crippen LogP contribution in [0.1, 0.15) is 12.6 Å². The Morgan fingerprint density at radius 2 is 1.95 bits per heavy atom. The van der Waals surface area contributed by atoms with Crippen LogP contribution in [0.4, 0.5) is 0 Å². The maximum absolute atomic E-state index is 11.5. The zero-order valence-electron chi connectivity index (χ0n) is 11.3. The summed E-state index contributed by atoms with van der Waals surface area (Å²) >= 11 is 11.9. The molecule has 0 radical (unpaired) electrons. The molecule has 0 N–H and O–H groups in total. The Kier molecular flexibility index (Phi) is 4.73. The Bertz CT molecular complexity index is 635. The average molecular weight is 312 g/mol. The van der Waals surface area contributed by atoms with E-state index >= 15 is 0 Å². The van der Waals surface area contributed by atoms with E-state index in [0.29, 0.717) is 16.7 Å². The van der Waals surface area contributed by atoms with E-state index < -0.39 is 0 Å². The van der Waals surface area contributed by atoms with E-state index in [0.717, 1.165) is 17.0 Å². The third-order valence-electron chi connectivity index (χ3n) is 3.07. The number of hydrogen-bond acceptors (Lipinski definition) is 2. The number of carbonyl (C=O) groups excluding carboxylic acids is 1. The summed E-state index contributed by atoms with van der Waals surface area (Å²) in [4.78, 5) is 11.5. The number of esters is 1. The smallest absolute Gasteiger partial charge is 0.311 e. The third-order valence-corrected chi connectivity index (χ3v) is 3.81. The Balaban J connectivity index is 2.28. The summed E-state index contributed by atoms with van der Waals surface area (Å²) in [5.74, 6) is -0.227. The average Bonchev–Trinajstić information content (AvgIpc) is 2.75. The summed E-state index contributed by atoms with van der Waals surface area (Å²) < 4.78 is 6.91. The normalized spacial score (nSPS) is 10.6. The number of hydrogen-bond donors (Lipinski definition) is 0. The van der Waals surface area contributed by atoms with Gasteiger partial charge < -0.3 is 9.30 Å². The highest BCUT2D eigenvalue weighted by Gasteiger charge is 2.12. The summed E-state index contributed by atoms with van der Waals surface area (Å²) in [5.41, 5.74) is 2.82. The number of rotatable bonds is 4. The Hall–Kier alpha value is -1.45. The van der Waals surface area contributed by atoms with Gasteiger partial charge >= 0.3 is 5.97 Å². The predicted molar refractivity (Wildman–Crippen MR) is 81.2 cm³/mol. The lowest BCUT2D eigenvalue weighted by molar-refractivity contribution is -0.142. The summed E-state index contributed by atoms with van der Waals surface area (Å²) in [7, 11) is 1.91. The van der Waals surface area contributed by atoms with Crippen LogP contribution in [0.2, 0.25) is 10.0 Å². The lowest BCUT2D eigenvalue weighted by atomic mass is 10.1. The first-order chi connectivity index (χ1) is 9.52. The molecule has 20 heavy (non-hydrogen) atoms. The maximum atomic E-state index is 11.5. The van der Waals surface area contributed by atoms with Gasteiger partial charge in [-0.05, 0) is 36.8 Å². The molecule has 0 spiro atoms. The van der Waals surface area contributed by atoms with E-state index in [9.17, 15) is 4.79 Å². The standard InChI is InChI=1S/C15H15Cl2NO2/c1-3-20-15(19)9-11-5-7-14(18(11)2)10-4-6-12(16)13(17)8-10/h4-8H,3,9H2,1-2H3. The minimum absolute atomic E-state index is 0.227. The van der Waals surface area contributed by atoms with Gasteiger partial charge in [-0.1, -0.05) is 29.3 Å². The van der Waals surface area contributed by atoms with Crippen molar-refractivity contribution in [3.8, 4) is 11.3 Å². The van der Waals surface area contributed by atoms with Crippen molar-refractivity contribution in [1.29, 1.82) is 0 Å². The number of aromatic nitrogens is 1. The van der Waals surface area contributed by atoms with Crippen molar-refractivity contribution in [2.24, 2.45) is 7.05 Å². The van der Waals surface area contributed by atoms with Crippen LogP contribution < -0.4 is 0 Å². The van der Waals surface area contributed by atoms with Crippen molar-refractivity contribution >= 4 is 29.2 Å². The molecule has 2 rings (SSSR count). The SMILES string of the molecule is CCOC(=O)Cc1ccc(-c2ccc(Cl)c(Cl)c2)n1C. The minimum atomic E-state index is -0.227. The molecular weight excluding hydrogens is 297 g/mol. The molecule has 5 heteroatoms. The number of carbonyl (C=O) groups is 1. The van der Waals surface area contributed by atoms with E-state index in [2.05, 4.69) is 0 Å². The largest absolute Gasteiger partial charge is 0.466 e. The Morgan fingerprint density at radius 1 is 1.20 bits per heavy atom. The summed E-state index contributed by atoms with van der Waals surface area (Å²) in [5, 5.41) is 1.04. The molecular formula is C15H15Cl2NO2. The van der Waals surface area contributed by atoms with Gasteiger partial charge in [-0.25, -0.2) is 0 Å². The molecule has 0 aliphatic carbocycles. The van der Waals surface area contributed by atoms with Crippen LogP contribution in [0.15, 0.2) is 30.3 Å². The van der Waals surface area contributed by atoms with Gasteiger partial charge in [0.1, 0.15) is 0 Å². The molecule has 0 amide bonds. The predicted octanol–water partition coefficient (Wildman–Crippen LogP) is 4.10. The second-order valence-corrected chi connectivity index (χ2v) is 5.19. The highest BCUT2D eigenvalue weighted by Crippen LogP contribution is 2.29. The summed E-state index contributed by atoms with van der Waals surface area (Å²) in [6.07, 6.45) is 0.256. The number of halogens is 2. The van der Waals surface area contributed by atoms with Crippen LogP contribution in [0.25, 0.3) is 11.3 Å². The molecule has 0 aliphatic heterocycles. The molecule has 0 atom stereocenters. The van der Waals surface area contributed by atoms with Crippen molar-refractivity contribution in [2.75, 3.05) is 6.61 Å². The molecule has 0 aliphatic rings. The molecule has 1 heterocycles. The number of ether oxygens (including phenoxy) is 1. The van der Waals surface area contributed by atoms with Gasteiger partial charge in [-0.3, -0.25) is 4.79 Å². The van der Waals surface area contributed by atoms with Crippen molar-refractivity contribution in [3.05, 3.63) is 46.1 Å². The summed E-state index contributed by atoms with van der Waals surface area (Å²) in [6.45, 7) is 2.19. The van der Waals surface area contributed by atoms with Crippen LogP contribution in [-0.4, -0.2) is 17.1 Å². The van der Waals surface area contributed by atoms with Gasteiger partial charge in [0.2, 0.25) is 0 Å². The molecule has 3 nitrogen and oxygen atoms in total. The molecule has 0 unspecified atom stereocenters. The van der Waals surface area contributed by atoms with Crippen LogP contribution in [-0.2, 0) is 23.0 Å². The van der Waals surface area contributed by atoms with Crippen molar-refractivity contribution in [3.63, 3.8) is 0 Å². The van der Waals surface area contributed by atoms with Gasteiger partial charge in [0, 0.05) is 18.4 Å².